The number of hydrogen-bond donors (Lipinski definition) is 2. The lowest BCUT2D eigenvalue weighted by Gasteiger charge is -2.32. The number of hydrogen-bond acceptors (Lipinski definition) is 2. The zero-order valence-corrected chi connectivity index (χ0v) is 7.51. The zero-order chi connectivity index (χ0) is 8.27. The third-order valence-corrected chi connectivity index (χ3v) is 2.58. The molecule has 0 aliphatic heterocycles. The molecule has 1 rings (SSSR count). The van der Waals surface area contributed by atoms with Gasteiger partial charge in [0, 0.05) is 12.1 Å². The van der Waals surface area contributed by atoms with Crippen LogP contribution in [0, 0.1) is 0 Å². The molecular formula is C9H19NO. The van der Waals surface area contributed by atoms with Crippen LogP contribution >= 0.6 is 0 Å². The zero-order valence-electron chi connectivity index (χ0n) is 7.51. The Balaban J connectivity index is 2.19. The summed E-state index contributed by atoms with van der Waals surface area (Å²) < 4.78 is 0. The molecule has 2 atom stereocenters. The Morgan fingerprint density at radius 1 is 1.55 bits per heavy atom. The molecule has 1 saturated carbocycles. The van der Waals surface area contributed by atoms with Gasteiger partial charge in [-0.1, -0.05) is 13.3 Å². The Morgan fingerprint density at radius 2 is 2.18 bits per heavy atom. The van der Waals surface area contributed by atoms with E-state index in [2.05, 4.69) is 12.2 Å². The molecule has 0 spiro atoms. The standard InChI is InChI=1S/C9H19NO/c1-3-9(7(2)11)10-8-5-4-6-8/h7-11H,3-6H2,1-2H3. The molecule has 0 aromatic heterocycles. The molecule has 2 N–H and O–H groups in total. The molecule has 0 aromatic rings. The van der Waals surface area contributed by atoms with Gasteiger partial charge >= 0.3 is 0 Å². The molecule has 2 unspecified atom stereocenters. The van der Waals surface area contributed by atoms with Crippen molar-refractivity contribution < 1.29 is 5.11 Å². The Hall–Kier alpha value is -0.0800. The molecule has 66 valence electrons. The molecule has 0 bridgehead atoms. The van der Waals surface area contributed by atoms with Gasteiger partial charge in [0.25, 0.3) is 0 Å². The molecule has 0 amide bonds. The van der Waals surface area contributed by atoms with Gasteiger partial charge in [-0.2, -0.15) is 0 Å². The molecule has 1 aliphatic rings. The van der Waals surface area contributed by atoms with Crippen molar-refractivity contribution in [3.63, 3.8) is 0 Å². The minimum absolute atomic E-state index is 0.208. The topological polar surface area (TPSA) is 32.3 Å². The van der Waals surface area contributed by atoms with Gasteiger partial charge in [0.15, 0.2) is 0 Å². The number of aliphatic hydroxyl groups excluding tert-OH is 1. The van der Waals surface area contributed by atoms with Crippen LogP contribution in [-0.2, 0) is 0 Å². The number of rotatable bonds is 4. The second-order valence-electron chi connectivity index (χ2n) is 3.55. The summed E-state index contributed by atoms with van der Waals surface area (Å²) in [7, 11) is 0. The Bertz CT molecular complexity index is 110. The van der Waals surface area contributed by atoms with E-state index in [0.717, 1.165) is 6.42 Å². The van der Waals surface area contributed by atoms with Gasteiger partial charge in [0.05, 0.1) is 6.10 Å². The molecule has 1 aliphatic carbocycles. The lowest BCUT2D eigenvalue weighted by Crippen LogP contribution is -2.46. The molecule has 2 nitrogen and oxygen atoms in total. The molecule has 2 heteroatoms. The molecule has 11 heavy (non-hydrogen) atoms. The van der Waals surface area contributed by atoms with E-state index in [9.17, 15) is 5.11 Å². The fourth-order valence-electron chi connectivity index (χ4n) is 1.48. The van der Waals surface area contributed by atoms with E-state index in [1.54, 1.807) is 0 Å². The normalized spacial score (nSPS) is 24.3. The predicted molar refractivity (Wildman–Crippen MR) is 46.5 cm³/mol. The summed E-state index contributed by atoms with van der Waals surface area (Å²) in [6, 6.07) is 0.995. The smallest absolute Gasteiger partial charge is 0.0665 e. The highest BCUT2D eigenvalue weighted by Crippen LogP contribution is 2.19. The summed E-state index contributed by atoms with van der Waals surface area (Å²) >= 11 is 0. The van der Waals surface area contributed by atoms with Crippen LogP contribution in [0.4, 0.5) is 0 Å². The van der Waals surface area contributed by atoms with Gasteiger partial charge in [-0.25, -0.2) is 0 Å². The number of aliphatic hydroxyl groups is 1. The van der Waals surface area contributed by atoms with Gasteiger partial charge < -0.3 is 10.4 Å². The average Bonchev–Trinajstić information content (AvgIpc) is 1.85. The van der Waals surface area contributed by atoms with E-state index in [-0.39, 0.29) is 6.10 Å². The lowest BCUT2D eigenvalue weighted by molar-refractivity contribution is 0.125. The number of nitrogens with one attached hydrogen (secondary N) is 1. The molecule has 1 fully saturated rings. The van der Waals surface area contributed by atoms with E-state index in [4.69, 9.17) is 0 Å². The van der Waals surface area contributed by atoms with Crippen molar-refractivity contribution in [1.29, 1.82) is 0 Å². The average molecular weight is 157 g/mol. The van der Waals surface area contributed by atoms with Crippen LogP contribution in [0.2, 0.25) is 0 Å². The maximum Gasteiger partial charge on any atom is 0.0665 e. The van der Waals surface area contributed by atoms with Crippen LogP contribution in [0.1, 0.15) is 39.5 Å². The molecule has 0 aromatic carbocycles. The summed E-state index contributed by atoms with van der Waals surface area (Å²) in [5.74, 6) is 0. The van der Waals surface area contributed by atoms with Gasteiger partial charge in [-0.15, -0.1) is 0 Å². The van der Waals surface area contributed by atoms with Gasteiger partial charge in [0.1, 0.15) is 0 Å². The minimum Gasteiger partial charge on any atom is -0.392 e. The summed E-state index contributed by atoms with van der Waals surface area (Å²) in [6.07, 6.45) is 4.76. The molecule has 0 radical (unpaired) electrons. The summed E-state index contributed by atoms with van der Waals surface area (Å²) in [5.41, 5.74) is 0. The first kappa shape index (κ1) is 9.01. The first-order valence-electron chi connectivity index (χ1n) is 4.68. The first-order chi connectivity index (χ1) is 5.24. The summed E-state index contributed by atoms with van der Waals surface area (Å²) in [6.45, 7) is 3.98. The van der Waals surface area contributed by atoms with Crippen molar-refractivity contribution in [2.45, 2.75) is 57.7 Å². The summed E-state index contributed by atoms with van der Waals surface area (Å²) in [5, 5.41) is 12.8. The first-order valence-corrected chi connectivity index (χ1v) is 4.68. The Morgan fingerprint density at radius 3 is 2.45 bits per heavy atom. The predicted octanol–water partition coefficient (Wildman–Crippen LogP) is 1.29. The van der Waals surface area contributed by atoms with Gasteiger partial charge in [0.2, 0.25) is 0 Å². The highest BCUT2D eigenvalue weighted by Gasteiger charge is 2.22. The van der Waals surface area contributed by atoms with Crippen LogP contribution < -0.4 is 5.32 Å². The highest BCUT2D eigenvalue weighted by atomic mass is 16.3. The second-order valence-corrected chi connectivity index (χ2v) is 3.55. The Labute approximate surface area is 69.0 Å². The van der Waals surface area contributed by atoms with E-state index in [1.165, 1.54) is 19.3 Å². The van der Waals surface area contributed by atoms with E-state index < -0.39 is 0 Å². The molecule has 0 heterocycles. The Kier molecular flexibility index (Phi) is 3.34. The fraction of sp³-hybridized carbons (Fsp3) is 1.00. The van der Waals surface area contributed by atoms with Crippen LogP contribution in [0.5, 0.6) is 0 Å². The SMILES string of the molecule is CCC(NC1CCC1)C(C)O. The lowest BCUT2D eigenvalue weighted by atomic mass is 9.91. The maximum atomic E-state index is 9.32. The van der Waals surface area contributed by atoms with E-state index in [1.807, 2.05) is 6.92 Å². The van der Waals surface area contributed by atoms with E-state index >= 15 is 0 Å². The monoisotopic (exact) mass is 157 g/mol. The molecule has 0 saturated heterocycles. The fourth-order valence-corrected chi connectivity index (χ4v) is 1.48. The third kappa shape index (κ3) is 2.46. The van der Waals surface area contributed by atoms with Crippen molar-refractivity contribution in [2.75, 3.05) is 0 Å². The van der Waals surface area contributed by atoms with Crippen LogP contribution in [0.15, 0.2) is 0 Å². The highest BCUT2D eigenvalue weighted by molar-refractivity contribution is 4.82. The van der Waals surface area contributed by atoms with Crippen LogP contribution in [0.25, 0.3) is 0 Å². The second kappa shape index (κ2) is 4.07. The maximum absolute atomic E-state index is 9.32. The summed E-state index contributed by atoms with van der Waals surface area (Å²) in [4.78, 5) is 0. The third-order valence-electron chi connectivity index (χ3n) is 2.58. The minimum atomic E-state index is -0.208. The van der Waals surface area contributed by atoms with E-state index in [0.29, 0.717) is 12.1 Å². The molecular weight excluding hydrogens is 138 g/mol. The van der Waals surface area contributed by atoms with Crippen LogP contribution in [0.3, 0.4) is 0 Å². The van der Waals surface area contributed by atoms with Gasteiger partial charge in [-0.05, 0) is 26.2 Å². The van der Waals surface area contributed by atoms with Crippen LogP contribution in [-0.4, -0.2) is 23.3 Å². The quantitative estimate of drug-likeness (QED) is 0.644. The largest absolute Gasteiger partial charge is 0.392 e. The van der Waals surface area contributed by atoms with Crippen molar-refractivity contribution in [2.24, 2.45) is 0 Å². The van der Waals surface area contributed by atoms with Crippen molar-refractivity contribution in [3.05, 3.63) is 0 Å². The van der Waals surface area contributed by atoms with Crippen molar-refractivity contribution in [3.8, 4) is 0 Å². The van der Waals surface area contributed by atoms with Crippen molar-refractivity contribution in [1.82, 2.24) is 5.32 Å². The van der Waals surface area contributed by atoms with Crippen molar-refractivity contribution >= 4 is 0 Å². The van der Waals surface area contributed by atoms with Gasteiger partial charge in [-0.3, -0.25) is 0 Å².